The summed E-state index contributed by atoms with van der Waals surface area (Å²) in [5.41, 5.74) is -0.279. The van der Waals surface area contributed by atoms with Crippen LogP contribution in [0.1, 0.15) is 55.3 Å². The number of alkyl halides is 6. The van der Waals surface area contributed by atoms with Crippen molar-refractivity contribution in [1.29, 1.82) is 0 Å². The Kier molecular flexibility index (Phi) is 9.27. The van der Waals surface area contributed by atoms with Crippen molar-refractivity contribution in [3.05, 3.63) is 59.4 Å². The molecule has 8 nitrogen and oxygen atoms in total. The molecular formula is C32H39F6N5O3. The summed E-state index contributed by atoms with van der Waals surface area (Å²) >= 11 is 0. The first kappa shape index (κ1) is 33.0. The summed E-state index contributed by atoms with van der Waals surface area (Å²) in [6, 6.07) is 9.10. The molecule has 252 valence electrons. The van der Waals surface area contributed by atoms with Gasteiger partial charge < -0.3 is 25.0 Å². The van der Waals surface area contributed by atoms with Crippen LogP contribution in [0.5, 0.6) is 0 Å². The van der Waals surface area contributed by atoms with Gasteiger partial charge in [-0.05, 0) is 62.3 Å². The van der Waals surface area contributed by atoms with Crippen molar-refractivity contribution in [2.75, 3.05) is 44.2 Å². The highest BCUT2D eigenvalue weighted by atomic mass is 19.4. The molecule has 0 spiro atoms. The Balaban J connectivity index is 0.985. The minimum atomic E-state index is -4.43. The van der Waals surface area contributed by atoms with Crippen LogP contribution < -0.4 is 10.2 Å². The summed E-state index contributed by atoms with van der Waals surface area (Å²) in [6.45, 7) is 1.71. The van der Waals surface area contributed by atoms with Gasteiger partial charge in [0.25, 0.3) is 0 Å². The number of nitrogens with zero attached hydrogens (tertiary/aromatic N) is 4. The number of hydrogen-bond donors (Lipinski definition) is 2. The number of fused-ring (bicyclic) bond motifs is 1. The van der Waals surface area contributed by atoms with Crippen molar-refractivity contribution in [2.45, 2.75) is 87.3 Å². The van der Waals surface area contributed by atoms with E-state index in [1.807, 2.05) is 4.90 Å². The Bertz CT molecular complexity index is 1370. The molecule has 3 saturated heterocycles. The van der Waals surface area contributed by atoms with E-state index in [4.69, 9.17) is 4.74 Å². The fourth-order valence-electron chi connectivity index (χ4n) is 7.65. The molecule has 1 saturated carbocycles. The Labute approximate surface area is 263 Å². The lowest BCUT2D eigenvalue weighted by atomic mass is 9.79. The third-order valence-corrected chi connectivity index (χ3v) is 10.1. The maximum Gasteiger partial charge on any atom is 0.416 e. The number of pyridine rings is 1. The summed E-state index contributed by atoms with van der Waals surface area (Å²) in [6.07, 6.45) is -4.93. The number of ether oxygens (including phenoxy) is 1. The molecule has 3 aliphatic heterocycles. The first-order valence-corrected chi connectivity index (χ1v) is 15.9. The SMILES string of the molecule is O=C(CNCc1cccc(C(F)(F)F)c1)N1CC[C@H]2[C@@H]1CCN2[C@H]1CC[C@](O)(c2ccc(N3CCO[C@H](C(F)(F)F)C3)cn2)CC1. The van der Waals surface area contributed by atoms with Crippen molar-refractivity contribution >= 4 is 11.6 Å². The van der Waals surface area contributed by atoms with Crippen LogP contribution in [0.15, 0.2) is 42.6 Å². The fraction of sp³-hybridized carbons (Fsp3) is 0.625. The van der Waals surface area contributed by atoms with Gasteiger partial charge in [-0.2, -0.15) is 26.3 Å². The van der Waals surface area contributed by atoms with Gasteiger partial charge in [0.1, 0.15) is 5.60 Å². The van der Waals surface area contributed by atoms with Crippen molar-refractivity contribution in [1.82, 2.24) is 20.1 Å². The second-order valence-corrected chi connectivity index (χ2v) is 12.9. The third kappa shape index (κ3) is 6.99. The zero-order valence-corrected chi connectivity index (χ0v) is 25.4. The van der Waals surface area contributed by atoms with Crippen molar-refractivity contribution < 1.29 is 41.0 Å². The molecule has 4 heterocycles. The number of hydrogen-bond acceptors (Lipinski definition) is 7. The summed E-state index contributed by atoms with van der Waals surface area (Å²) < 4.78 is 83.3. The number of anilines is 1. The molecule has 0 unspecified atom stereocenters. The van der Waals surface area contributed by atoms with Crippen LogP contribution in [-0.4, -0.2) is 95.5 Å². The number of halogens is 6. The van der Waals surface area contributed by atoms with E-state index in [9.17, 15) is 36.2 Å². The molecule has 3 atom stereocenters. The highest BCUT2D eigenvalue weighted by Crippen LogP contribution is 2.42. The molecule has 4 fully saturated rings. The van der Waals surface area contributed by atoms with E-state index in [2.05, 4.69) is 15.2 Å². The molecule has 1 aromatic heterocycles. The number of benzene rings is 1. The van der Waals surface area contributed by atoms with E-state index in [-0.39, 0.29) is 50.3 Å². The first-order chi connectivity index (χ1) is 21.8. The topological polar surface area (TPSA) is 81.2 Å². The van der Waals surface area contributed by atoms with E-state index in [1.165, 1.54) is 12.3 Å². The average Bonchev–Trinajstić information content (AvgIpc) is 3.64. The van der Waals surface area contributed by atoms with E-state index in [1.54, 1.807) is 23.1 Å². The van der Waals surface area contributed by atoms with Crippen LogP contribution >= 0.6 is 0 Å². The molecule has 0 bridgehead atoms. The van der Waals surface area contributed by atoms with Gasteiger partial charge in [0.2, 0.25) is 5.91 Å². The summed E-state index contributed by atoms with van der Waals surface area (Å²) in [5, 5.41) is 14.5. The van der Waals surface area contributed by atoms with Crippen molar-refractivity contribution in [3.8, 4) is 0 Å². The Hall–Kier alpha value is -2.94. The maximum absolute atomic E-state index is 13.1. The van der Waals surface area contributed by atoms with Gasteiger partial charge in [-0.3, -0.25) is 14.7 Å². The van der Waals surface area contributed by atoms with Gasteiger partial charge in [0.15, 0.2) is 6.10 Å². The van der Waals surface area contributed by atoms with Crippen LogP contribution in [-0.2, 0) is 27.9 Å². The Morgan fingerprint density at radius 1 is 1.00 bits per heavy atom. The summed E-state index contributed by atoms with van der Waals surface area (Å²) in [7, 11) is 0. The monoisotopic (exact) mass is 655 g/mol. The minimum Gasteiger partial charge on any atom is -0.384 e. The van der Waals surface area contributed by atoms with Crippen LogP contribution in [0.2, 0.25) is 0 Å². The van der Waals surface area contributed by atoms with Gasteiger partial charge in [0, 0.05) is 44.3 Å². The number of morpholine rings is 1. The number of likely N-dealkylation sites (tertiary alicyclic amines) is 2. The predicted molar refractivity (Wildman–Crippen MR) is 157 cm³/mol. The van der Waals surface area contributed by atoms with Gasteiger partial charge in [-0.25, -0.2) is 0 Å². The van der Waals surface area contributed by atoms with E-state index < -0.39 is 29.6 Å². The molecular weight excluding hydrogens is 616 g/mol. The number of aliphatic hydroxyl groups is 1. The quantitative estimate of drug-likeness (QED) is 0.427. The number of rotatable bonds is 7. The minimum absolute atomic E-state index is 0.0261. The Morgan fingerprint density at radius 2 is 1.76 bits per heavy atom. The maximum atomic E-state index is 13.1. The average molecular weight is 656 g/mol. The predicted octanol–water partition coefficient (Wildman–Crippen LogP) is 4.46. The standard InChI is InChI=1S/C32H39F6N5O3/c33-31(34,35)22-3-1-2-21(16-22)17-39-19-29(44)43-13-9-25-26(43)8-12-42(25)23-6-10-30(45,11-7-23)27-5-4-24(18-40-27)41-14-15-46-28(20-41)32(36,37)38/h1-5,16,18,23,25-26,28,39,45H,6-15,17,19-20H2/t23-,25-,26-,28-,30+/m0/s1. The molecule has 6 rings (SSSR count). The molecule has 0 radical (unpaired) electrons. The highest BCUT2D eigenvalue weighted by Gasteiger charge is 2.48. The molecule has 1 aliphatic carbocycles. The second kappa shape index (κ2) is 12.9. The zero-order chi connectivity index (χ0) is 32.7. The van der Waals surface area contributed by atoms with Crippen LogP contribution in [0.4, 0.5) is 32.0 Å². The van der Waals surface area contributed by atoms with Gasteiger partial charge in [0.05, 0.1) is 42.8 Å². The molecule has 1 aromatic carbocycles. The van der Waals surface area contributed by atoms with Crippen LogP contribution in [0.25, 0.3) is 0 Å². The number of amides is 1. The fourth-order valence-corrected chi connectivity index (χ4v) is 7.65. The third-order valence-electron chi connectivity index (χ3n) is 10.1. The van der Waals surface area contributed by atoms with Gasteiger partial charge >= 0.3 is 12.4 Å². The first-order valence-electron chi connectivity index (χ1n) is 15.9. The van der Waals surface area contributed by atoms with E-state index in [0.717, 1.165) is 44.4 Å². The lowest BCUT2D eigenvalue weighted by molar-refractivity contribution is -0.221. The lowest BCUT2D eigenvalue weighted by Crippen LogP contribution is -2.49. The molecule has 4 aliphatic rings. The molecule has 46 heavy (non-hydrogen) atoms. The number of carbonyl (C=O) groups is 1. The van der Waals surface area contributed by atoms with Gasteiger partial charge in [-0.15, -0.1) is 0 Å². The highest BCUT2D eigenvalue weighted by molar-refractivity contribution is 5.79. The molecule has 1 amide bonds. The molecule has 2 aromatic rings. The molecule has 2 N–H and O–H groups in total. The zero-order valence-electron chi connectivity index (χ0n) is 25.4. The largest absolute Gasteiger partial charge is 0.416 e. The summed E-state index contributed by atoms with van der Waals surface area (Å²) in [4.78, 5) is 23.5. The van der Waals surface area contributed by atoms with E-state index in [0.29, 0.717) is 42.9 Å². The lowest BCUT2D eigenvalue weighted by Gasteiger charge is -2.41. The van der Waals surface area contributed by atoms with Crippen molar-refractivity contribution in [2.24, 2.45) is 0 Å². The van der Waals surface area contributed by atoms with Crippen LogP contribution in [0.3, 0.4) is 0 Å². The smallest absolute Gasteiger partial charge is 0.384 e. The van der Waals surface area contributed by atoms with E-state index >= 15 is 0 Å². The number of aromatic nitrogens is 1. The van der Waals surface area contributed by atoms with Crippen LogP contribution in [0, 0.1) is 0 Å². The Morgan fingerprint density at radius 3 is 2.46 bits per heavy atom. The van der Waals surface area contributed by atoms with Gasteiger partial charge in [-0.1, -0.05) is 18.2 Å². The normalized spacial score (nSPS) is 29.3. The second-order valence-electron chi connectivity index (χ2n) is 12.9. The molecule has 14 heteroatoms. The number of nitrogens with one attached hydrogen (secondary N) is 1. The van der Waals surface area contributed by atoms with Crippen molar-refractivity contribution in [3.63, 3.8) is 0 Å². The number of carbonyl (C=O) groups excluding carboxylic acids is 1. The summed E-state index contributed by atoms with van der Waals surface area (Å²) in [5.74, 6) is -0.0557.